The Morgan fingerprint density at radius 3 is 2.46 bits per heavy atom. The first-order valence-corrected chi connectivity index (χ1v) is 9.69. The Kier molecular flexibility index (Phi) is 5.49. The summed E-state index contributed by atoms with van der Waals surface area (Å²) in [6, 6.07) is 2.41. The molecule has 1 atom stereocenters. The lowest BCUT2D eigenvalue weighted by Gasteiger charge is -2.24. The van der Waals surface area contributed by atoms with Gasteiger partial charge in [0.05, 0.1) is 11.0 Å². The number of benzene rings is 1. The fraction of sp³-hybridized carbons (Fsp3) is 0.625. The van der Waals surface area contributed by atoms with Crippen molar-refractivity contribution in [2.75, 3.05) is 39.3 Å². The summed E-state index contributed by atoms with van der Waals surface area (Å²) in [7, 11) is -3.89. The van der Waals surface area contributed by atoms with E-state index < -0.39 is 21.7 Å². The molecule has 3 rings (SSSR count). The van der Waals surface area contributed by atoms with Crippen LogP contribution in [0.15, 0.2) is 23.1 Å². The Balaban J connectivity index is 1.68. The first-order chi connectivity index (χ1) is 11.4. The molecule has 134 valence electrons. The van der Waals surface area contributed by atoms with Gasteiger partial charge in [-0.1, -0.05) is 0 Å². The molecule has 8 heteroatoms. The van der Waals surface area contributed by atoms with Crippen molar-refractivity contribution in [1.29, 1.82) is 0 Å². The van der Waals surface area contributed by atoms with Crippen molar-refractivity contribution >= 4 is 10.0 Å². The molecule has 0 bridgehead atoms. The predicted octanol–water partition coefficient (Wildman–Crippen LogP) is 1.84. The summed E-state index contributed by atoms with van der Waals surface area (Å²) in [5, 5.41) is 0. The van der Waals surface area contributed by atoms with Crippen molar-refractivity contribution in [3.8, 4) is 0 Å². The van der Waals surface area contributed by atoms with Crippen molar-refractivity contribution in [2.24, 2.45) is 0 Å². The normalized spacial score (nSPS) is 24.2. The maximum atomic E-state index is 13.4. The van der Waals surface area contributed by atoms with Crippen LogP contribution in [0.1, 0.15) is 19.3 Å². The largest absolute Gasteiger partial charge is 0.377 e. The zero-order valence-corrected chi connectivity index (χ0v) is 14.3. The van der Waals surface area contributed by atoms with Gasteiger partial charge < -0.3 is 4.74 Å². The first-order valence-electron chi connectivity index (χ1n) is 8.25. The van der Waals surface area contributed by atoms with E-state index in [4.69, 9.17) is 4.74 Å². The van der Waals surface area contributed by atoms with Gasteiger partial charge in [-0.25, -0.2) is 17.2 Å². The molecule has 2 aliphatic rings. The van der Waals surface area contributed by atoms with Crippen molar-refractivity contribution in [3.05, 3.63) is 29.8 Å². The minimum atomic E-state index is -3.89. The molecule has 1 aromatic carbocycles. The van der Waals surface area contributed by atoms with Crippen LogP contribution < -0.4 is 0 Å². The molecule has 2 aliphatic heterocycles. The number of sulfonamides is 1. The van der Waals surface area contributed by atoms with Crippen LogP contribution in [0.4, 0.5) is 8.78 Å². The van der Waals surface area contributed by atoms with E-state index in [-0.39, 0.29) is 11.0 Å². The topological polar surface area (TPSA) is 49.9 Å². The highest BCUT2D eigenvalue weighted by molar-refractivity contribution is 7.89. The molecule has 5 nitrogen and oxygen atoms in total. The van der Waals surface area contributed by atoms with Crippen LogP contribution in [0.2, 0.25) is 0 Å². The third-order valence-electron chi connectivity index (χ3n) is 4.51. The minimum absolute atomic E-state index is 0.227. The van der Waals surface area contributed by atoms with Gasteiger partial charge in [-0.2, -0.15) is 4.31 Å². The monoisotopic (exact) mass is 360 g/mol. The van der Waals surface area contributed by atoms with Crippen LogP contribution >= 0.6 is 0 Å². The van der Waals surface area contributed by atoms with Gasteiger partial charge in [-0.3, -0.25) is 4.90 Å². The molecule has 2 heterocycles. The molecular weight excluding hydrogens is 338 g/mol. The number of nitrogens with zero attached hydrogens (tertiary/aromatic N) is 2. The van der Waals surface area contributed by atoms with E-state index in [9.17, 15) is 17.2 Å². The summed E-state index contributed by atoms with van der Waals surface area (Å²) in [6.07, 6.45) is 3.03. The summed E-state index contributed by atoms with van der Waals surface area (Å²) in [6.45, 7) is 3.66. The van der Waals surface area contributed by atoms with Gasteiger partial charge in [0.2, 0.25) is 10.0 Å². The van der Waals surface area contributed by atoms with Crippen LogP contribution in [-0.4, -0.2) is 63.1 Å². The summed E-state index contributed by atoms with van der Waals surface area (Å²) in [5.74, 6) is -1.77. The number of rotatable bonds is 4. The van der Waals surface area contributed by atoms with E-state index in [0.717, 1.165) is 44.7 Å². The second-order valence-electron chi connectivity index (χ2n) is 6.30. The quantitative estimate of drug-likeness (QED) is 0.822. The van der Waals surface area contributed by atoms with E-state index in [1.165, 1.54) is 4.31 Å². The lowest BCUT2D eigenvalue weighted by atomic mass is 10.2. The standard InChI is InChI=1S/C16H22F2N2O3S/c17-13-9-14(18)11-16(10-13)24(21,22)20-5-2-4-19(6-7-20)12-15-3-1-8-23-15/h9-11,15H,1-8,12H2/t15-/m1/s1. The lowest BCUT2D eigenvalue weighted by Crippen LogP contribution is -2.37. The molecular formula is C16H22F2N2O3S. The van der Waals surface area contributed by atoms with Gasteiger partial charge in [-0.15, -0.1) is 0 Å². The maximum absolute atomic E-state index is 13.4. The molecule has 0 saturated carbocycles. The van der Waals surface area contributed by atoms with Crippen LogP contribution in [0.5, 0.6) is 0 Å². The van der Waals surface area contributed by atoms with E-state index >= 15 is 0 Å². The molecule has 24 heavy (non-hydrogen) atoms. The van der Waals surface area contributed by atoms with Crippen LogP contribution in [-0.2, 0) is 14.8 Å². The molecule has 0 radical (unpaired) electrons. The molecule has 2 fully saturated rings. The van der Waals surface area contributed by atoms with E-state index in [1.807, 2.05) is 0 Å². The van der Waals surface area contributed by atoms with Gasteiger partial charge in [0.25, 0.3) is 0 Å². The predicted molar refractivity (Wildman–Crippen MR) is 85.1 cm³/mol. The highest BCUT2D eigenvalue weighted by Gasteiger charge is 2.29. The fourth-order valence-electron chi connectivity index (χ4n) is 3.27. The molecule has 0 unspecified atom stereocenters. The second kappa shape index (κ2) is 7.43. The fourth-order valence-corrected chi connectivity index (χ4v) is 4.79. The van der Waals surface area contributed by atoms with Crippen molar-refractivity contribution in [2.45, 2.75) is 30.3 Å². The highest BCUT2D eigenvalue weighted by atomic mass is 32.2. The lowest BCUT2D eigenvalue weighted by molar-refractivity contribution is 0.0749. The third-order valence-corrected chi connectivity index (χ3v) is 6.38. The highest BCUT2D eigenvalue weighted by Crippen LogP contribution is 2.21. The Morgan fingerprint density at radius 2 is 1.79 bits per heavy atom. The summed E-state index contributed by atoms with van der Waals surface area (Å²) >= 11 is 0. The smallest absolute Gasteiger partial charge is 0.243 e. The molecule has 0 N–H and O–H groups in total. The molecule has 0 aromatic heterocycles. The van der Waals surface area contributed by atoms with Gasteiger partial charge in [0.15, 0.2) is 0 Å². The van der Waals surface area contributed by atoms with Crippen molar-refractivity contribution < 1.29 is 21.9 Å². The number of ether oxygens (including phenoxy) is 1. The minimum Gasteiger partial charge on any atom is -0.377 e. The maximum Gasteiger partial charge on any atom is 0.243 e. The summed E-state index contributed by atoms with van der Waals surface area (Å²) in [4.78, 5) is 1.88. The Labute approximate surface area is 141 Å². The third kappa shape index (κ3) is 4.11. The summed E-state index contributed by atoms with van der Waals surface area (Å²) in [5.41, 5.74) is 0. The average Bonchev–Trinajstić information content (AvgIpc) is 2.90. The Hall–Kier alpha value is -1.09. The first kappa shape index (κ1) is 17.7. The summed E-state index contributed by atoms with van der Waals surface area (Å²) < 4.78 is 58.9. The number of hydrogen-bond acceptors (Lipinski definition) is 4. The number of hydrogen-bond donors (Lipinski definition) is 0. The van der Waals surface area contributed by atoms with Crippen LogP contribution in [0, 0.1) is 11.6 Å². The molecule has 0 spiro atoms. The second-order valence-corrected chi connectivity index (χ2v) is 8.24. The Morgan fingerprint density at radius 1 is 1.04 bits per heavy atom. The average molecular weight is 360 g/mol. The van der Waals surface area contributed by atoms with Crippen LogP contribution in [0.25, 0.3) is 0 Å². The molecule has 0 aliphatic carbocycles. The van der Waals surface area contributed by atoms with Crippen molar-refractivity contribution in [3.63, 3.8) is 0 Å². The number of halogens is 2. The van der Waals surface area contributed by atoms with Gasteiger partial charge >= 0.3 is 0 Å². The van der Waals surface area contributed by atoms with Crippen LogP contribution in [0.3, 0.4) is 0 Å². The SMILES string of the molecule is O=S(=O)(c1cc(F)cc(F)c1)N1CCCN(C[C@H]2CCCO2)CC1. The molecule has 0 amide bonds. The zero-order valence-electron chi connectivity index (χ0n) is 13.5. The van der Waals surface area contributed by atoms with E-state index in [0.29, 0.717) is 32.1 Å². The van der Waals surface area contributed by atoms with Gasteiger partial charge in [0, 0.05) is 38.9 Å². The molecule has 2 saturated heterocycles. The van der Waals surface area contributed by atoms with E-state index in [2.05, 4.69) is 4.90 Å². The van der Waals surface area contributed by atoms with Gasteiger partial charge in [-0.05, 0) is 37.9 Å². The Bertz CT molecular complexity index is 658. The van der Waals surface area contributed by atoms with E-state index in [1.54, 1.807) is 0 Å². The molecule has 1 aromatic rings. The van der Waals surface area contributed by atoms with Crippen molar-refractivity contribution in [1.82, 2.24) is 9.21 Å². The van der Waals surface area contributed by atoms with Gasteiger partial charge in [0.1, 0.15) is 11.6 Å². The zero-order chi connectivity index (χ0) is 17.2.